The number of benzene rings is 2. The van der Waals surface area contributed by atoms with Gasteiger partial charge in [0.05, 0.1) is 14.2 Å². The van der Waals surface area contributed by atoms with Crippen molar-refractivity contribution in [3.8, 4) is 11.5 Å². The van der Waals surface area contributed by atoms with E-state index in [1.165, 1.54) is 0 Å². The summed E-state index contributed by atoms with van der Waals surface area (Å²) in [6, 6.07) is 13.6. The van der Waals surface area contributed by atoms with Crippen LogP contribution in [0.2, 0.25) is 0 Å². The number of anilines is 2. The molecule has 0 heterocycles. The van der Waals surface area contributed by atoms with Crippen LogP contribution in [0.5, 0.6) is 11.5 Å². The smallest absolute Gasteiger partial charge is 0.224 e. The first kappa shape index (κ1) is 19.6. The monoisotopic (exact) mass is 356 g/mol. The van der Waals surface area contributed by atoms with Gasteiger partial charge in [0, 0.05) is 30.9 Å². The molecule has 5 heteroatoms. The van der Waals surface area contributed by atoms with Gasteiger partial charge in [-0.3, -0.25) is 4.79 Å². The standard InChI is InChI=1S/C21H28N2O3/c1-5-23(6-2)18-10-8-17(9-11-18)22-21(24)14-7-16-15-19(25-3)12-13-20(16)26-4/h8-13,15H,5-7,14H2,1-4H3,(H,22,24). The van der Waals surface area contributed by atoms with Crippen LogP contribution < -0.4 is 19.7 Å². The zero-order valence-electron chi connectivity index (χ0n) is 16.0. The molecule has 0 aromatic heterocycles. The Labute approximate surface area is 155 Å². The minimum atomic E-state index is -0.0227. The van der Waals surface area contributed by atoms with Gasteiger partial charge in [-0.25, -0.2) is 0 Å². The Morgan fingerprint density at radius 3 is 2.27 bits per heavy atom. The van der Waals surface area contributed by atoms with Crippen LogP contribution in [-0.2, 0) is 11.2 Å². The van der Waals surface area contributed by atoms with Gasteiger partial charge in [-0.05, 0) is 68.3 Å². The zero-order chi connectivity index (χ0) is 18.9. The lowest BCUT2D eigenvalue weighted by Crippen LogP contribution is -2.21. The van der Waals surface area contributed by atoms with Crippen molar-refractivity contribution in [1.29, 1.82) is 0 Å². The molecule has 0 radical (unpaired) electrons. The zero-order valence-corrected chi connectivity index (χ0v) is 16.0. The van der Waals surface area contributed by atoms with Gasteiger partial charge >= 0.3 is 0 Å². The first-order valence-electron chi connectivity index (χ1n) is 8.97. The molecule has 2 aromatic rings. The van der Waals surface area contributed by atoms with Crippen molar-refractivity contribution in [3.05, 3.63) is 48.0 Å². The number of ether oxygens (including phenoxy) is 2. The molecular weight excluding hydrogens is 328 g/mol. The van der Waals surface area contributed by atoms with Crippen LogP contribution in [-0.4, -0.2) is 33.2 Å². The Balaban J connectivity index is 1.95. The number of aryl methyl sites for hydroxylation is 1. The molecule has 1 amide bonds. The lowest BCUT2D eigenvalue weighted by atomic mass is 10.1. The molecule has 0 saturated heterocycles. The largest absolute Gasteiger partial charge is 0.497 e. The molecule has 140 valence electrons. The first-order valence-corrected chi connectivity index (χ1v) is 8.97. The van der Waals surface area contributed by atoms with E-state index in [2.05, 4.69) is 24.1 Å². The van der Waals surface area contributed by atoms with Crippen molar-refractivity contribution in [2.24, 2.45) is 0 Å². The van der Waals surface area contributed by atoms with Gasteiger partial charge in [-0.2, -0.15) is 0 Å². The van der Waals surface area contributed by atoms with Gasteiger partial charge in [0.25, 0.3) is 0 Å². The highest BCUT2D eigenvalue weighted by Gasteiger charge is 2.09. The fraction of sp³-hybridized carbons (Fsp3) is 0.381. The van der Waals surface area contributed by atoms with Gasteiger partial charge in [0.1, 0.15) is 11.5 Å². The number of hydrogen-bond donors (Lipinski definition) is 1. The summed E-state index contributed by atoms with van der Waals surface area (Å²) in [7, 11) is 3.25. The quantitative estimate of drug-likeness (QED) is 0.734. The van der Waals surface area contributed by atoms with Gasteiger partial charge < -0.3 is 19.7 Å². The molecule has 0 unspecified atom stereocenters. The Hall–Kier alpha value is -2.69. The number of rotatable bonds is 9. The Bertz CT molecular complexity index is 710. The highest BCUT2D eigenvalue weighted by atomic mass is 16.5. The number of methoxy groups -OCH3 is 2. The molecule has 2 rings (SSSR count). The fourth-order valence-corrected chi connectivity index (χ4v) is 2.89. The number of amides is 1. The van der Waals surface area contributed by atoms with Crippen molar-refractivity contribution < 1.29 is 14.3 Å². The predicted octanol–water partition coefficient (Wildman–Crippen LogP) is 4.12. The third kappa shape index (κ3) is 5.15. The highest BCUT2D eigenvalue weighted by Crippen LogP contribution is 2.25. The Kier molecular flexibility index (Phi) is 7.33. The summed E-state index contributed by atoms with van der Waals surface area (Å²) in [5.41, 5.74) is 2.93. The number of carbonyl (C=O) groups excluding carboxylic acids is 1. The van der Waals surface area contributed by atoms with E-state index in [9.17, 15) is 4.79 Å². The van der Waals surface area contributed by atoms with Gasteiger partial charge in [-0.15, -0.1) is 0 Å². The van der Waals surface area contributed by atoms with Crippen LogP contribution in [0.4, 0.5) is 11.4 Å². The van der Waals surface area contributed by atoms with E-state index in [4.69, 9.17) is 9.47 Å². The average Bonchev–Trinajstić information content (AvgIpc) is 2.68. The van der Waals surface area contributed by atoms with Crippen molar-refractivity contribution in [2.75, 3.05) is 37.5 Å². The lowest BCUT2D eigenvalue weighted by Gasteiger charge is -2.21. The summed E-state index contributed by atoms with van der Waals surface area (Å²) < 4.78 is 10.6. The topological polar surface area (TPSA) is 50.8 Å². The summed E-state index contributed by atoms with van der Waals surface area (Å²) in [4.78, 5) is 14.5. The molecule has 0 bridgehead atoms. The SMILES string of the molecule is CCN(CC)c1ccc(NC(=O)CCc2cc(OC)ccc2OC)cc1. The molecule has 0 fully saturated rings. The molecule has 5 nitrogen and oxygen atoms in total. The number of carbonyl (C=O) groups is 1. The summed E-state index contributed by atoms with van der Waals surface area (Å²) in [5.74, 6) is 1.50. The lowest BCUT2D eigenvalue weighted by molar-refractivity contribution is -0.116. The van der Waals surface area contributed by atoms with E-state index in [1.807, 2.05) is 42.5 Å². The van der Waals surface area contributed by atoms with E-state index >= 15 is 0 Å². The maximum absolute atomic E-state index is 12.3. The van der Waals surface area contributed by atoms with Gasteiger partial charge in [-0.1, -0.05) is 0 Å². The molecule has 0 aliphatic heterocycles. The summed E-state index contributed by atoms with van der Waals surface area (Å²) >= 11 is 0. The third-order valence-corrected chi connectivity index (χ3v) is 4.39. The Morgan fingerprint density at radius 1 is 1.00 bits per heavy atom. The highest BCUT2D eigenvalue weighted by molar-refractivity contribution is 5.91. The van der Waals surface area contributed by atoms with Crippen LogP contribution in [0, 0.1) is 0 Å². The van der Waals surface area contributed by atoms with E-state index in [0.717, 1.165) is 41.5 Å². The van der Waals surface area contributed by atoms with E-state index in [1.54, 1.807) is 14.2 Å². The maximum atomic E-state index is 12.3. The van der Waals surface area contributed by atoms with Crippen LogP contribution >= 0.6 is 0 Å². The van der Waals surface area contributed by atoms with Crippen molar-refractivity contribution in [2.45, 2.75) is 26.7 Å². The van der Waals surface area contributed by atoms with Crippen LogP contribution in [0.1, 0.15) is 25.8 Å². The van der Waals surface area contributed by atoms with Crippen LogP contribution in [0.15, 0.2) is 42.5 Å². The van der Waals surface area contributed by atoms with Crippen molar-refractivity contribution in [3.63, 3.8) is 0 Å². The number of nitrogens with one attached hydrogen (secondary N) is 1. The summed E-state index contributed by atoms with van der Waals surface area (Å²) in [5, 5.41) is 2.95. The van der Waals surface area contributed by atoms with Crippen LogP contribution in [0.25, 0.3) is 0 Å². The maximum Gasteiger partial charge on any atom is 0.224 e. The summed E-state index contributed by atoms with van der Waals surface area (Å²) in [6.07, 6.45) is 0.963. The van der Waals surface area contributed by atoms with Crippen molar-refractivity contribution >= 4 is 17.3 Å². The van der Waals surface area contributed by atoms with E-state index < -0.39 is 0 Å². The molecule has 0 saturated carbocycles. The molecule has 0 atom stereocenters. The van der Waals surface area contributed by atoms with Crippen LogP contribution in [0.3, 0.4) is 0 Å². The van der Waals surface area contributed by atoms with Gasteiger partial charge in [0.15, 0.2) is 0 Å². The molecule has 2 aromatic carbocycles. The molecular formula is C21H28N2O3. The number of hydrogen-bond acceptors (Lipinski definition) is 4. The van der Waals surface area contributed by atoms with Crippen molar-refractivity contribution in [1.82, 2.24) is 0 Å². The minimum Gasteiger partial charge on any atom is -0.497 e. The van der Waals surface area contributed by atoms with E-state index in [-0.39, 0.29) is 5.91 Å². The van der Waals surface area contributed by atoms with Gasteiger partial charge in [0.2, 0.25) is 5.91 Å². The first-order chi connectivity index (χ1) is 12.6. The Morgan fingerprint density at radius 2 is 1.69 bits per heavy atom. The van der Waals surface area contributed by atoms with E-state index in [0.29, 0.717) is 12.8 Å². The average molecular weight is 356 g/mol. The third-order valence-electron chi connectivity index (χ3n) is 4.39. The molecule has 0 aliphatic carbocycles. The molecule has 0 aliphatic rings. The normalized spacial score (nSPS) is 10.3. The second-order valence-electron chi connectivity index (χ2n) is 5.95. The number of nitrogens with zero attached hydrogens (tertiary/aromatic N) is 1. The molecule has 26 heavy (non-hydrogen) atoms. The molecule has 0 spiro atoms. The molecule has 1 N–H and O–H groups in total. The second-order valence-corrected chi connectivity index (χ2v) is 5.95. The minimum absolute atomic E-state index is 0.0227. The second kappa shape index (κ2) is 9.70. The fourth-order valence-electron chi connectivity index (χ4n) is 2.89. The predicted molar refractivity (Wildman–Crippen MR) is 106 cm³/mol. The summed E-state index contributed by atoms with van der Waals surface area (Å²) in [6.45, 7) is 6.19.